The Bertz CT molecular complexity index is 407. The van der Waals surface area contributed by atoms with Crippen molar-refractivity contribution >= 4 is 0 Å². The molecule has 1 rings (SSSR count). The van der Waals surface area contributed by atoms with Crippen molar-refractivity contribution in [2.24, 2.45) is 5.41 Å². The second-order valence-corrected chi connectivity index (χ2v) is 4.89. The van der Waals surface area contributed by atoms with Crippen molar-refractivity contribution < 1.29 is 4.39 Å². The van der Waals surface area contributed by atoms with E-state index in [2.05, 4.69) is 11.4 Å². The highest BCUT2D eigenvalue weighted by Crippen LogP contribution is 2.20. The molecule has 2 nitrogen and oxygen atoms in total. The minimum absolute atomic E-state index is 0.0957. The molecule has 0 spiro atoms. The van der Waals surface area contributed by atoms with E-state index in [1.807, 2.05) is 26.8 Å². The van der Waals surface area contributed by atoms with E-state index < -0.39 is 5.41 Å². The van der Waals surface area contributed by atoms with Gasteiger partial charge >= 0.3 is 0 Å². The highest BCUT2D eigenvalue weighted by molar-refractivity contribution is 5.20. The fraction of sp³-hybridized carbons (Fsp3) is 0.500. The van der Waals surface area contributed by atoms with E-state index in [9.17, 15) is 4.39 Å². The van der Waals surface area contributed by atoms with Crippen LogP contribution in [0.5, 0.6) is 0 Å². The van der Waals surface area contributed by atoms with Crippen molar-refractivity contribution in [1.82, 2.24) is 5.32 Å². The van der Waals surface area contributed by atoms with E-state index in [1.165, 1.54) is 6.07 Å². The second kappa shape index (κ2) is 5.79. The number of nitrogens with one attached hydrogen (secondary N) is 1. The number of hydrogen-bond acceptors (Lipinski definition) is 2. The average molecular weight is 234 g/mol. The molecule has 1 aromatic carbocycles. The standard InChI is InChI=1S/C14H19FN2/c1-4-13(17-10-14(2,3)9-16)11-6-5-7-12(15)8-11/h5-8,13,17H,4,10H2,1-3H3. The zero-order valence-electron chi connectivity index (χ0n) is 10.6. The molecule has 0 saturated heterocycles. The molecule has 0 fully saturated rings. The van der Waals surface area contributed by atoms with Crippen LogP contribution in [-0.4, -0.2) is 6.54 Å². The number of hydrogen-bond donors (Lipinski definition) is 1. The van der Waals surface area contributed by atoms with Gasteiger partial charge in [-0.1, -0.05) is 19.1 Å². The van der Waals surface area contributed by atoms with Crippen LogP contribution in [0.2, 0.25) is 0 Å². The fourth-order valence-electron chi connectivity index (χ4n) is 1.64. The summed E-state index contributed by atoms with van der Waals surface area (Å²) in [5.74, 6) is -0.220. The maximum Gasteiger partial charge on any atom is 0.123 e. The third kappa shape index (κ3) is 4.16. The van der Waals surface area contributed by atoms with Gasteiger partial charge in [-0.25, -0.2) is 4.39 Å². The van der Waals surface area contributed by atoms with Crippen molar-refractivity contribution in [2.45, 2.75) is 33.2 Å². The number of halogens is 1. The number of nitriles is 1. The summed E-state index contributed by atoms with van der Waals surface area (Å²) in [7, 11) is 0. The molecule has 1 aromatic rings. The summed E-state index contributed by atoms with van der Waals surface area (Å²) in [5.41, 5.74) is 0.530. The van der Waals surface area contributed by atoms with Crippen molar-refractivity contribution in [3.8, 4) is 6.07 Å². The molecule has 0 radical (unpaired) electrons. The maximum atomic E-state index is 13.1. The van der Waals surface area contributed by atoms with E-state index >= 15 is 0 Å². The molecule has 0 saturated carbocycles. The first-order chi connectivity index (χ1) is 7.98. The molecule has 0 heterocycles. The molecule has 92 valence electrons. The second-order valence-electron chi connectivity index (χ2n) is 4.89. The molecule has 3 heteroatoms. The van der Waals surface area contributed by atoms with Gasteiger partial charge in [0.05, 0.1) is 11.5 Å². The van der Waals surface area contributed by atoms with Crippen LogP contribution in [0.3, 0.4) is 0 Å². The normalized spacial score (nSPS) is 13.1. The lowest BCUT2D eigenvalue weighted by Gasteiger charge is -2.22. The molecule has 0 aliphatic rings. The SMILES string of the molecule is CCC(NCC(C)(C)C#N)c1cccc(F)c1. The molecular weight excluding hydrogens is 215 g/mol. The molecule has 1 N–H and O–H groups in total. The minimum Gasteiger partial charge on any atom is -0.308 e. The summed E-state index contributed by atoms with van der Waals surface area (Å²) in [6.45, 7) is 6.41. The Kier molecular flexibility index (Phi) is 4.65. The van der Waals surface area contributed by atoms with Crippen LogP contribution in [0.25, 0.3) is 0 Å². The zero-order valence-corrected chi connectivity index (χ0v) is 10.6. The van der Waals surface area contributed by atoms with E-state index in [-0.39, 0.29) is 11.9 Å². The van der Waals surface area contributed by atoms with Gasteiger partial charge in [0.1, 0.15) is 5.82 Å². The lowest BCUT2D eigenvalue weighted by atomic mass is 9.94. The zero-order chi connectivity index (χ0) is 12.9. The predicted molar refractivity (Wildman–Crippen MR) is 66.8 cm³/mol. The number of nitrogens with zero attached hydrogens (tertiary/aromatic N) is 1. The summed E-state index contributed by atoms with van der Waals surface area (Å²) < 4.78 is 13.1. The van der Waals surface area contributed by atoms with Crippen molar-refractivity contribution in [1.29, 1.82) is 5.26 Å². The summed E-state index contributed by atoms with van der Waals surface area (Å²) in [4.78, 5) is 0. The monoisotopic (exact) mass is 234 g/mol. The van der Waals surface area contributed by atoms with Crippen molar-refractivity contribution in [3.63, 3.8) is 0 Å². The third-order valence-corrected chi connectivity index (χ3v) is 2.75. The van der Waals surface area contributed by atoms with E-state index in [0.29, 0.717) is 6.54 Å². The molecule has 0 aromatic heterocycles. The Labute approximate surface area is 102 Å². The van der Waals surface area contributed by atoms with Crippen LogP contribution in [0, 0.1) is 22.6 Å². The van der Waals surface area contributed by atoms with Gasteiger partial charge in [0.2, 0.25) is 0 Å². The van der Waals surface area contributed by atoms with Crippen LogP contribution < -0.4 is 5.32 Å². The van der Waals surface area contributed by atoms with Gasteiger partial charge < -0.3 is 5.32 Å². The molecule has 1 unspecified atom stereocenters. The molecule has 17 heavy (non-hydrogen) atoms. The first kappa shape index (κ1) is 13.7. The highest BCUT2D eigenvalue weighted by atomic mass is 19.1. The molecule has 1 atom stereocenters. The highest BCUT2D eigenvalue weighted by Gasteiger charge is 2.19. The summed E-state index contributed by atoms with van der Waals surface area (Å²) in [5, 5.41) is 12.3. The van der Waals surface area contributed by atoms with Crippen LogP contribution in [0.4, 0.5) is 4.39 Å². The number of benzene rings is 1. The van der Waals surface area contributed by atoms with Crippen LogP contribution in [-0.2, 0) is 0 Å². The Morgan fingerprint density at radius 2 is 2.18 bits per heavy atom. The Morgan fingerprint density at radius 3 is 2.71 bits per heavy atom. The molecular formula is C14H19FN2. The van der Waals surface area contributed by atoms with Crippen LogP contribution in [0.1, 0.15) is 38.8 Å². The van der Waals surface area contributed by atoms with Gasteiger partial charge in [0, 0.05) is 12.6 Å². The summed E-state index contributed by atoms with van der Waals surface area (Å²) >= 11 is 0. The quantitative estimate of drug-likeness (QED) is 0.847. The van der Waals surface area contributed by atoms with Gasteiger partial charge in [-0.2, -0.15) is 5.26 Å². The lowest BCUT2D eigenvalue weighted by molar-refractivity contribution is 0.398. The molecule has 0 amide bonds. The third-order valence-electron chi connectivity index (χ3n) is 2.75. The largest absolute Gasteiger partial charge is 0.308 e. The Balaban J connectivity index is 2.70. The van der Waals surface area contributed by atoms with Crippen LogP contribution in [0.15, 0.2) is 24.3 Å². The minimum atomic E-state index is -0.402. The first-order valence-electron chi connectivity index (χ1n) is 5.88. The van der Waals surface area contributed by atoms with Crippen LogP contribution >= 0.6 is 0 Å². The first-order valence-corrected chi connectivity index (χ1v) is 5.88. The smallest absolute Gasteiger partial charge is 0.123 e. The topological polar surface area (TPSA) is 35.8 Å². The average Bonchev–Trinajstić information content (AvgIpc) is 2.30. The van der Waals surface area contributed by atoms with Crippen molar-refractivity contribution in [2.75, 3.05) is 6.54 Å². The summed E-state index contributed by atoms with van der Waals surface area (Å²) in [6, 6.07) is 8.94. The van der Waals surface area contributed by atoms with E-state index in [0.717, 1.165) is 12.0 Å². The Hall–Kier alpha value is -1.40. The summed E-state index contributed by atoms with van der Waals surface area (Å²) in [6.07, 6.45) is 0.866. The lowest BCUT2D eigenvalue weighted by Crippen LogP contribution is -2.31. The Morgan fingerprint density at radius 1 is 1.47 bits per heavy atom. The number of rotatable bonds is 5. The molecule has 0 bridgehead atoms. The maximum absolute atomic E-state index is 13.1. The predicted octanol–water partition coefficient (Wildman–Crippen LogP) is 3.42. The fourth-order valence-corrected chi connectivity index (χ4v) is 1.64. The van der Waals surface area contributed by atoms with Gasteiger partial charge in [-0.3, -0.25) is 0 Å². The van der Waals surface area contributed by atoms with Gasteiger partial charge in [-0.05, 0) is 38.0 Å². The van der Waals surface area contributed by atoms with E-state index in [4.69, 9.17) is 5.26 Å². The molecule has 0 aliphatic heterocycles. The van der Waals surface area contributed by atoms with E-state index in [1.54, 1.807) is 12.1 Å². The van der Waals surface area contributed by atoms with Gasteiger partial charge in [0.25, 0.3) is 0 Å². The van der Waals surface area contributed by atoms with Gasteiger partial charge in [0.15, 0.2) is 0 Å². The molecule has 0 aliphatic carbocycles. The van der Waals surface area contributed by atoms with Gasteiger partial charge in [-0.15, -0.1) is 0 Å². The van der Waals surface area contributed by atoms with Crippen molar-refractivity contribution in [3.05, 3.63) is 35.6 Å².